The summed E-state index contributed by atoms with van der Waals surface area (Å²) < 4.78 is 9.57. The lowest BCUT2D eigenvalue weighted by molar-refractivity contribution is -0.136. The molecule has 0 aliphatic carbocycles. The van der Waals surface area contributed by atoms with Crippen LogP contribution >= 0.6 is 11.6 Å². The number of methoxy groups -OCH3 is 2. The van der Waals surface area contributed by atoms with E-state index in [-0.39, 0.29) is 47.6 Å². The zero-order valence-electron chi connectivity index (χ0n) is 35.9. The third-order valence-electron chi connectivity index (χ3n) is 11.9. The highest BCUT2D eigenvalue weighted by atomic mass is 35.5. The van der Waals surface area contributed by atoms with Gasteiger partial charge in [-0.1, -0.05) is 102 Å². The minimum absolute atomic E-state index is 0.119. The molecule has 14 nitrogen and oxygen atoms in total. The number of likely N-dealkylation sites (tertiary alicyclic amines) is 2. The second-order valence-corrected chi connectivity index (χ2v) is 17.6. The Bertz CT molecular complexity index is 2410. The number of hydrogen-bond acceptors (Lipinski definition) is 8. The Morgan fingerprint density at radius 1 is 0.689 bits per heavy atom. The summed E-state index contributed by atoms with van der Waals surface area (Å²) in [5.41, 5.74) is 5.50. The smallest absolute Gasteiger partial charge is 0.407 e. The van der Waals surface area contributed by atoms with Crippen molar-refractivity contribution in [2.45, 2.75) is 78.6 Å². The predicted octanol–water partition coefficient (Wildman–Crippen LogP) is 8.52. The number of carbonyl (C=O) groups excluding carboxylic acids is 4. The molecule has 4 amide bonds. The summed E-state index contributed by atoms with van der Waals surface area (Å²) >= 11 is 6.78. The van der Waals surface area contributed by atoms with E-state index in [9.17, 15) is 19.2 Å². The fourth-order valence-corrected chi connectivity index (χ4v) is 8.90. The Morgan fingerprint density at radius 2 is 1.16 bits per heavy atom. The Kier molecular flexibility index (Phi) is 12.7. The van der Waals surface area contributed by atoms with Crippen LogP contribution in [0.25, 0.3) is 44.4 Å². The van der Waals surface area contributed by atoms with Crippen molar-refractivity contribution in [1.82, 2.24) is 40.4 Å². The van der Waals surface area contributed by atoms with Crippen LogP contribution < -0.4 is 10.6 Å². The summed E-state index contributed by atoms with van der Waals surface area (Å²) in [5, 5.41) is 7.83. The first kappa shape index (κ1) is 43.2. The lowest BCUT2D eigenvalue weighted by atomic mass is 9.98. The normalized spacial score (nSPS) is 20.0. The lowest BCUT2D eigenvalue weighted by Crippen LogP contribution is -2.51. The number of aromatic nitrogens is 4. The number of benzene rings is 3. The van der Waals surface area contributed by atoms with Gasteiger partial charge in [0.1, 0.15) is 23.7 Å². The topological polar surface area (TPSA) is 175 Å². The number of nitrogens with zero attached hydrogens (tertiary/aromatic N) is 4. The number of fused-ring (bicyclic) bond motifs is 1. The molecule has 0 saturated carbocycles. The van der Waals surface area contributed by atoms with Crippen LogP contribution in [0.3, 0.4) is 0 Å². The first-order valence-corrected chi connectivity index (χ1v) is 21.3. The Hall–Kier alpha value is -5.89. The maximum absolute atomic E-state index is 13.8. The third-order valence-corrected chi connectivity index (χ3v) is 12.2. The summed E-state index contributed by atoms with van der Waals surface area (Å²) in [5.74, 6) is 1.24. The van der Waals surface area contributed by atoms with E-state index in [1.54, 1.807) is 4.90 Å². The highest BCUT2D eigenvalue weighted by Gasteiger charge is 2.42. The summed E-state index contributed by atoms with van der Waals surface area (Å²) in [7, 11) is 2.57. The number of H-pyrrole nitrogens is 2. The summed E-state index contributed by atoms with van der Waals surface area (Å²) in [6, 6.07) is 18.8. The molecule has 2 aliphatic rings. The van der Waals surface area contributed by atoms with E-state index in [1.807, 2.05) is 44.9 Å². The molecular formula is C46H55ClN8O6. The van der Waals surface area contributed by atoms with Crippen molar-refractivity contribution in [3.8, 4) is 33.6 Å². The number of imidazole rings is 2. The lowest BCUT2D eigenvalue weighted by Gasteiger charge is -2.30. The zero-order valence-corrected chi connectivity index (χ0v) is 36.7. The maximum Gasteiger partial charge on any atom is 0.407 e. The van der Waals surface area contributed by atoms with Crippen LogP contribution in [-0.2, 0) is 19.1 Å². The largest absolute Gasteiger partial charge is 0.453 e. The molecule has 2 fully saturated rings. The highest BCUT2D eigenvalue weighted by Crippen LogP contribution is 2.39. The summed E-state index contributed by atoms with van der Waals surface area (Å²) in [6.45, 7) is 12.9. The van der Waals surface area contributed by atoms with Crippen molar-refractivity contribution in [1.29, 1.82) is 0 Å². The van der Waals surface area contributed by atoms with Gasteiger partial charge in [0.05, 0.1) is 43.9 Å². The molecule has 2 saturated heterocycles. The van der Waals surface area contributed by atoms with E-state index in [0.717, 1.165) is 45.1 Å². The van der Waals surface area contributed by atoms with Crippen molar-refractivity contribution < 1.29 is 28.7 Å². The summed E-state index contributed by atoms with van der Waals surface area (Å²) in [4.78, 5) is 71.6. The molecule has 2 aromatic heterocycles. The first-order valence-electron chi connectivity index (χ1n) is 20.9. The molecule has 7 rings (SSSR count). The van der Waals surface area contributed by atoms with Crippen molar-refractivity contribution in [2.24, 2.45) is 23.7 Å². The third kappa shape index (κ3) is 9.09. The average molecular weight is 851 g/mol. The number of ether oxygens (including phenoxy) is 2. The standard InChI is InChI=1S/C46H55ClN8O6/c1-24(2)37(51-45(58)60-7)43(56)54-22-26(5)17-35(54)41-48-21-34(49-41)29-11-9-28(10-12-29)30-13-14-32-20-33(16-15-31(32)19-30)39-40(47)53-42(50-39)36-18-27(6)23-55(36)44(57)38(25(3)4)52-46(59)61-8/h9-16,19-21,24-27,35-38H,17-18,22-23H2,1-8H3,(H,48,49)(H,50,53)(H,51,58)(H,52,59)/t26-,27-,35-,36-,37-,38-/m0/s1. The van der Waals surface area contributed by atoms with E-state index in [0.29, 0.717) is 42.0 Å². The number of aromatic amines is 2. The van der Waals surface area contributed by atoms with Crippen molar-refractivity contribution in [3.05, 3.63) is 83.7 Å². The molecule has 0 bridgehead atoms. The van der Waals surface area contributed by atoms with Crippen LogP contribution in [0.1, 0.15) is 78.1 Å². The van der Waals surface area contributed by atoms with Gasteiger partial charge in [-0.25, -0.2) is 19.6 Å². The van der Waals surface area contributed by atoms with Crippen LogP contribution in [0, 0.1) is 23.7 Å². The number of amides is 4. The van der Waals surface area contributed by atoms with Gasteiger partial charge < -0.3 is 39.9 Å². The molecule has 2 aliphatic heterocycles. The Balaban J connectivity index is 1.06. The zero-order chi connectivity index (χ0) is 43.7. The maximum atomic E-state index is 13.8. The second kappa shape index (κ2) is 18.0. The first-order chi connectivity index (χ1) is 29.1. The minimum atomic E-state index is -0.737. The minimum Gasteiger partial charge on any atom is -0.453 e. The quantitative estimate of drug-likeness (QED) is 0.102. The van der Waals surface area contributed by atoms with E-state index in [1.165, 1.54) is 14.2 Å². The van der Waals surface area contributed by atoms with Crippen molar-refractivity contribution in [2.75, 3.05) is 27.3 Å². The fraction of sp³-hybridized carbons (Fsp3) is 0.435. The molecule has 4 N–H and O–H groups in total. The van der Waals surface area contributed by atoms with E-state index in [4.69, 9.17) is 31.0 Å². The number of rotatable bonds is 11. The van der Waals surface area contributed by atoms with Gasteiger partial charge in [-0.05, 0) is 76.1 Å². The van der Waals surface area contributed by atoms with Gasteiger partial charge in [-0.3, -0.25) is 9.59 Å². The van der Waals surface area contributed by atoms with Gasteiger partial charge in [0.25, 0.3) is 0 Å². The van der Waals surface area contributed by atoms with Crippen LogP contribution in [0.5, 0.6) is 0 Å². The molecule has 0 spiro atoms. The molecule has 5 aromatic rings. The van der Waals surface area contributed by atoms with E-state index in [2.05, 4.69) is 89.0 Å². The molecule has 6 atom stereocenters. The average Bonchev–Trinajstić information content (AvgIpc) is 4.06. The van der Waals surface area contributed by atoms with E-state index < -0.39 is 24.3 Å². The van der Waals surface area contributed by atoms with Gasteiger partial charge in [0, 0.05) is 18.7 Å². The molecule has 322 valence electrons. The molecule has 61 heavy (non-hydrogen) atoms. The fourth-order valence-electron chi connectivity index (χ4n) is 8.65. The SMILES string of the molecule is COC(=O)N[C@H](C(=O)N1C[C@@H](C)C[C@H]1c1ncc(-c2ccc(-c3ccc4cc(-c5[nH]c([C@@H]6C[C@H](C)CN6C(=O)[C@@H](NC(=O)OC)C(C)C)nc5Cl)ccc4c3)cc2)[nH]1)C(C)C. The summed E-state index contributed by atoms with van der Waals surface area (Å²) in [6.07, 6.45) is 2.00. The van der Waals surface area contributed by atoms with Gasteiger partial charge in [0.15, 0.2) is 5.15 Å². The number of hydrogen-bond donors (Lipinski definition) is 4. The number of alkyl carbamates (subject to hydrolysis) is 2. The van der Waals surface area contributed by atoms with Gasteiger partial charge in [0.2, 0.25) is 11.8 Å². The molecule has 15 heteroatoms. The highest BCUT2D eigenvalue weighted by molar-refractivity contribution is 6.32. The van der Waals surface area contributed by atoms with Gasteiger partial charge in [-0.2, -0.15) is 0 Å². The Morgan fingerprint density at radius 3 is 1.69 bits per heavy atom. The van der Waals surface area contributed by atoms with Crippen LogP contribution in [0.4, 0.5) is 9.59 Å². The molecular weight excluding hydrogens is 796 g/mol. The number of halogens is 1. The van der Waals surface area contributed by atoms with E-state index >= 15 is 0 Å². The predicted molar refractivity (Wildman–Crippen MR) is 234 cm³/mol. The number of nitrogens with one attached hydrogen (secondary N) is 4. The monoisotopic (exact) mass is 850 g/mol. The number of carbonyl (C=O) groups is 4. The van der Waals surface area contributed by atoms with Crippen molar-refractivity contribution in [3.63, 3.8) is 0 Å². The van der Waals surface area contributed by atoms with Crippen molar-refractivity contribution >= 4 is 46.4 Å². The van der Waals surface area contributed by atoms with Gasteiger partial charge in [-0.15, -0.1) is 0 Å². The molecule has 4 heterocycles. The van der Waals surface area contributed by atoms with Crippen LogP contribution in [0.2, 0.25) is 5.15 Å². The molecule has 3 aromatic carbocycles. The Labute approximate surface area is 361 Å². The van der Waals surface area contributed by atoms with Gasteiger partial charge >= 0.3 is 12.2 Å². The molecule has 0 unspecified atom stereocenters. The van der Waals surface area contributed by atoms with Crippen LogP contribution in [0.15, 0.2) is 66.9 Å². The molecule has 0 radical (unpaired) electrons. The second-order valence-electron chi connectivity index (χ2n) is 17.2. The van der Waals surface area contributed by atoms with Crippen LogP contribution in [-0.4, -0.2) is 93.1 Å².